The summed E-state index contributed by atoms with van der Waals surface area (Å²) >= 11 is 1.08. The molecule has 37 heavy (non-hydrogen) atoms. The van der Waals surface area contributed by atoms with Gasteiger partial charge in [0.2, 0.25) is 0 Å². The number of carbonyl (C=O) groups excluding carboxylic acids is 1. The number of anilines is 1. The average Bonchev–Trinajstić information content (AvgIpc) is 3.32. The zero-order valence-corrected chi connectivity index (χ0v) is 20.9. The van der Waals surface area contributed by atoms with E-state index in [1.54, 1.807) is 18.2 Å². The van der Waals surface area contributed by atoms with Crippen LogP contribution in [0.3, 0.4) is 0 Å². The van der Waals surface area contributed by atoms with Gasteiger partial charge in [0.05, 0.1) is 19.2 Å². The molecule has 3 aromatic rings. The van der Waals surface area contributed by atoms with Crippen LogP contribution in [0.4, 0.5) is 5.13 Å². The standard InChI is InChI=1S/C27H25N3O6S/c1-3-6-19-7-4-5-8-22(19)35-11-12-36-23-10-9-18(14-24(23)34-2)13-20(16-28)26(33)30-27-29-21(17-37-27)15-25(31)32/h3-5,7-10,13-14,17H,1,6,11-12,15H2,2H3,(H,31,32)(H,29,30,33). The molecule has 0 radical (unpaired) electrons. The maximum absolute atomic E-state index is 12.5. The molecule has 3 rings (SSSR count). The number of nitrogens with one attached hydrogen (secondary N) is 1. The number of rotatable bonds is 13. The van der Waals surface area contributed by atoms with Crippen molar-refractivity contribution in [2.75, 3.05) is 25.6 Å². The summed E-state index contributed by atoms with van der Waals surface area (Å²) in [6, 6.07) is 14.6. The van der Waals surface area contributed by atoms with Crippen molar-refractivity contribution in [3.63, 3.8) is 0 Å². The second-order valence-corrected chi connectivity index (χ2v) is 8.40. The normalized spacial score (nSPS) is 10.8. The summed E-state index contributed by atoms with van der Waals surface area (Å²) in [6.07, 6.45) is 3.68. The highest BCUT2D eigenvalue weighted by Crippen LogP contribution is 2.29. The van der Waals surface area contributed by atoms with E-state index >= 15 is 0 Å². The van der Waals surface area contributed by atoms with Crippen LogP contribution in [0.1, 0.15) is 16.8 Å². The summed E-state index contributed by atoms with van der Waals surface area (Å²) in [5.74, 6) is 0.00290. The first-order valence-electron chi connectivity index (χ1n) is 11.1. The quantitative estimate of drug-likeness (QED) is 0.146. The third-order valence-electron chi connectivity index (χ3n) is 4.90. The van der Waals surface area contributed by atoms with Gasteiger partial charge in [-0.15, -0.1) is 17.9 Å². The molecule has 0 spiro atoms. The fourth-order valence-corrected chi connectivity index (χ4v) is 3.95. The van der Waals surface area contributed by atoms with E-state index in [9.17, 15) is 14.9 Å². The number of carboxylic acid groups (broad SMARTS) is 1. The van der Waals surface area contributed by atoms with E-state index in [1.165, 1.54) is 18.6 Å². The number of hydrogen-bond donors (Lipinski definition) is 2. The first-order chi connectivity index (χ1) is 17.9. The van der Waals surface area contributed by atoms with Gasteiger partial charge < -0.3 is 19.3 Å². The first-order valence-corrected chi connectivity index (χ1v) is 12.0. The molecule has 2 N–H and O–H groups in total. The van der Waals surface area contributed by atoms with Gasteiger partial charge in [-0.05, 0) is 41.8 Å². The molecule has 0 atom stereocenters. The van der Waals surface area contributed by atoms with Crippen LogP contribution in [-0.2, 0) is 22.4 Å². The minimum Gasteiger partial charge on any atom is -0.493 e. The second kappa shape index (κ2) is 13.5. The average molecular weight is 520 g/mol. The third-order valence-corrected chi connectivity index (χ3v) is 5.71. The van der Waals surface area contributed by atoms with E-state index in [2.05, 4.69) is 16.9 Å². The lowest BCUT2D eigenvalue weighted by molar-refractivity contribution is -0.136. The number of carboxylic acids is 1. The molecule has 1 aromatic heterocycles. The van der Waals surface area contributed by atoms with Gasteiger partial charge in [-0.25, -0.2) is 4.98 Å². The van der Waals surface area contributed by atoms with Crippen molar-refractivity contribution in [3.05, 3.63) is 82.9 Å². The number of thiazole rings is 1. The SMILES string of the molecule is C=CCc1ccccc1OCCOc1ccc(C=C(C#N)C(=O)Nc2nc(CC(=O)O)cs2)cc1OC. The lowest BCUT2D eigenvalue weighted by Gasteiger charge is -2.13. The van der Waals surface area contributed by atoms with E-state index < -0.39 is 11.9 Å². The summed E-state index contributed by atoms with van der Waals surface area (Å²) < 4.78 is 17.1. The number of nitriles is 1. The van der Waals surface area contributed by atoms with Gasteiger partial charge in [0.15, 0.2) is 16.6 Å². The number of hydrogen-bond acceptors (Lipinski definition) is 8. The molecule has 1 amide bonds. The number of aromatic nitrogens is 1. The molecule has 0 fully saturated rings. The molecule has 190 valence electrons. The first kappa shape index (κ1) is 27.0. The number of ether oxygens (including phenoxy) is 3. The summed E-state index contributed by atoms with van der Waals surface area (Å²) in [6.45, 7) is 4.36. The molecule has 0 aliphatic carbocycles. The Morgan fingerprint density at radius 3 is 2.62 bits per heavy atom. The van der Waals surface area contributed by atoms with Crippen LogP contribution < -0.4 is 19.5 Å². The van der Waals surface area contributed by atoms with E-state index in [-0.39, 0.29) is 23.7 Å². The van der Waals surface area contributed by atoms with Gasteiger partial charge in [0.1, 0.15) is 30.6 Å². The van der Waals surface area contributed by atoms with Crippen LogP contribution in [0.15, 0.2) is 66.1 Å². The van der Waals surface area contributed by atoms with Gasteiger partial charge in [0, 0.05) is 5.38 Å². The van der Waals surface area contributed by atoms with Crippen molar-refractivity contribution in [1.82, 2.24) is 4.98 Å². The van der Waals surface area contributed by atoms with E-state index in [0.717, 1.165) is 22.6 Å². The topological polar surface area (TPSA) is 131 Å². The molecular formula is C27H25N3O6S. The van der Waals surface area contributed by atoms with Crippen LogP contribution >= 0.6 is 11.3 Å². The van der Waals surface area contributed by atoms with Gasteiger partial charge in [-0.2, -0.15) is 5.26 Å². The molecule has 0 saturated heterocycles. The number of carbonyl (C=O) groups is 2. The Bertz CT molecular complexity index is 1340. The Morgan fingerprint density at radius 1 is 1.16 bits per heavy atom. The molecule has 0 bridgehead atoms. The van der Waals surface area contributed by atoms with Gasteiger partial charge in [-0.3, -0.25) is 14.9 Å². The highest BCUT2D eigenvalue weighted by Gasteiger charge is 2.14. The molecular weight excluding hydrogens is 494 g/mol. The number of amides is 1. The number of benzene rings is 2. The van der Waals surface area contributed by atoms with Crippen LogP contribution in [0.25, 0.3) is 6.08 Å². The number of aliphatic carboxylic acids is 1. The van der Waals surface area contributed by atoms with Crippen molar-refractivity contribution in [2.24, 2.45) is 0 Å². The summed E-state index contributed by atoms with van der Waals surface area (Å²) in [5.41, 5.74) is 1.76. The molecule has 0 aliphatic heterocycles. The minimum absolute atomic E-state index is 0.155. The van der Waals surface area contributed by atoms with E-state index in [1.807, 2.05) is 36.4 Å². The van der Waals surface area contributed by atoms with Crippen molar-refractivity contribution in [3.8, 4) is 23.3 Å². The zero-order chi connectivity index (χ0) is 26.6. The van der Waals surface area contributed by atoms with Crippen molar-refractivity contribution < 1.29 is 28.9 Å². The summed E-state index contributed by atoms with van der Waals surface area (Å²) in [4.78, 5) is 27.4. The predicted molar refractivity (Wildman–Crippen MR) is 140 cm³/mol. The zero-order valence-electron chi connectivity index (χ0n) is 20.1. The van der Waals surface area contributed by atoms with Gasteiger partial charge >= 0.3 is 5.97 Å². The monoisotopic (exact) mass is 519 g/mol. The van der Waals surface area contributed by atoms with Crippen LogP contribution in [0.5, 0.6) is 17.2 Å². The van der Waals surface area contributed by atoms with E-state index in [4.69, 9.17) is 19.3 Å². The minimum atomic E-state index is -1.02. The summed E-state index contributed by atoms with van der Waals surface area (Å²) in [7, 11) is 1.49. The Hall–Kier alpha value is -4.62. The van der Waals surface area contributed by atoms with E-state index in [0.29, 0.717) is 35.8 Å². The third kappa shape index (κ3) is 7.95. The predicted octanol–water partition coefficient (Wildman–Crippen LogP) is 4.51. The molecule has 10 heteroatoms. The molecule has 1 heterocycles. The second-order valence-electron chi connectivity index (χ2n) is 7.55. The molecule has 0 unspecified atom stereocenters. The lowest BCUT2D eigenvalue weighted by Crippen LogP contribution is -2.13. The highest BCUT2D eigenvalue weighted by atomic mass is 32.1. The van der Waals surface area contributed by atoms with Crippen LogP contribution in [-0.4, -0.2) is 42.3 Å². The van der Waals surface area contributed by atoms with Gasteiger partial charge in [0.25, 0.3) is 5.91 Å². The van der Waals surface area contributed by atoms with Gasteiger partial charge in [-0.1, -0.05) is 30.3 Å². The molecule has 9 nitrogen and oxygen atoms in total. The number of allylic oxidation sites excluding steroid dienone is 1. The maximum atomic E-state index is 12.5. The maximum Gasteiger partial charge on any atom is 0.309 e. The Balaban J connectivity index is 1.62. The Morgan fingerprint density at radius 2 is 1.92 bits per heavy atom. The summed E-state index contributed by atoms with van der Waals surface area (Å²) in [5, 5.41) is 22.6. The molecule has 0 saturated carbocycles. The number of methoxy groups -OCH3 is 1. The Kier molecular flexibility index (Phi) is 9.82. The van der Waals surface area contributed by atoms with Crippen molar-refractivity contribution >= 4 is 34.4 Å². The molecule has 2 aromatic carbocycles. The van der Waals surface area contributed by atoms with Crippen molar-refractivity contribution in [1.29, 1.82) is 5.26 Å². The van der Waals surface area contributed by atoms with Crippen LogP contribution in [0.2, 0.25) is 0 Å². The fourth-order valence-electron chi connectivity index (χ4n) is 3.25. The lowest BCUT2D eigenvalue weighted by atomic mass is 10.1. The fraction of sp³-hybridized carbons (Fsp3) is 0.185. The smallest absolute Gasteiger partial charge is 0.309 e. The molecule has 0 aliphatic rings. The number of nitrogens with zero attached hydrogens (tertiary/aromatic N) is 2. The van der Waals surface area contributed by atoms with Crippen LogP contribution in [0, 0.1) is 11.3 Å². The highest BCUT2D eigenvalue weighted by molar-refractivity contribution is 7.14. The Labute approximate surface area is 218 Å². The number of para-hydroxylation sites is 1. The largest absolute Gasteiger partial charge is 0.493 e. The van der Waals surface area contributed by atoms with Crippen molar-refractivity contribution in [2.45, 2.75) is 12.8 Å².